The Morgan fingerprint density at radius 3 is 2.76 bits per heavy atom. The van der Waals surface area contributed by atoms with E-state index in [9.17, 15) is 0 Å². The summed E-state index contributed by atoms with van der Waals surface area (Å²) in [7, 11) is 1.68. The highest BCUT2D eigenvalue weighted by Crippen LogP contribution is 2.30. The fourth-order valence-electron chi connectivity index (χ4n) is 2.08. The van der Waals surface area contributed by atoms with Gasteiger partial charge in [-0.3, -0.25) is 0 Å². The molecule has 1 heterocycles. The summed E-state index contributed by atoms with van der Waals surface area (Å²) in [6.45, 7) is 2.71. The van der Waals surface area contributed by atoms with E-state index in [4.69, 9.17) is 14.9 Å². The van der Waals surface area contributed by atoms with Crippen LogP contribution in [0.1, 0.15) is 24.2 Å². The Morgan fingerprint density at radius 2 is 2.06 bits per heavy atom. The van der Waals surface area contributed by atoms with E-state index in [2.05, 4.69) is 12.1 Å². The second kappa shape index (κ2) is 5.23. The van der Waals surface area contributed by atoms with Gasteiger partial charge in [-0.1, -0.05) is 0 Å². The number of aryl methyl sites for hydroxylation is 2. The lowest BCUT2D eigenvalue weighted by Crippen LogP contribution is -1.99. The van der Waals surface area contributed by atoms with Crippen molar-refractivity contribution in [1.82, 2.24) is 0 Å². The van der Waals surface area contributed by atoms with Crippen molar-refractivity contribution >= 4 is 11.0 Å². The van der Waals surface area contributed by atoms with Gasteiger partial charge in [-0.05, 0) is 56.5 Å². The van der Waals surface area contributed by atoms with Crippen LogP contribution in [0.5, 0.6) is 5.75 Å². The fourth-order valence-corrected chi connectivity index (χ4v) is 2.08. The summed E-state index contributed by atoms with van der Waals surface area (Å²) in [6.07, 6.45) is 3.21. The van der Waals surface area contributed by atoms with Crippen LogP contribution in [0.4, 0.5) is 0 Å². The predicted molar refractivity (Wildman–Crippen MR) is 69.5 cm³/mol. The second-order valence-corrected chi connectivity index (χ2v) is 4.32. The highest BCUT2D eigenvalue weighted by Gasteiger charge is 2.09. The fraction of sp³-hybridized carbons (Fsp3) is 0.429. The lowest BCUT2D eigenvalue weighted by molar-refractivity contribution is 0.408. The van der Waals surface area contributed by atoms with E-state index in [0.29, 0.717) is 0 Å². The van der Waals surface area contributed by atoms with Crippen molar-refractivity contribution < 1.29 is 9.15 Å². The summed E-state index contributed by atoms with van der Waals surface area (Å²) in [5.74, 6) is 1.73. The zero-order valence-electron chi connectivity index (χ0n) is 10.5. The smallest absolute Gasteiger partial charge is 0.176 e. The Morgan fingerprint density at radius 1 is 1.24 bits per heavy atom. The molecule has 0 radical (unpaired) electrons. The van der Waals surface area contributed by atoms with Crippen LogP contribution >= 0.6 is 0 Å². The van der Waals surface area contributed by atoms with Gasteiger partial charge >= 0.3 is 0 Å². The SMILES string of the molecule is COc1cc(CCCCN)cc2cc(C)oc12. The van der Waals surface area contributed by atoms with E-state index >= 15 is 0 Å². The Bertz CT molecular complexity index is 502. The number of furan rings is 1. The number of nitrogens with two attached hydrogens (primary N) is 1. The molecule has 3 nitrogen and oxygen atoms in total. The van der Waals surface area contributed by atoms with Crippen LogP contribution in [0.25, 0.3) is 11.0 Å². The monoisotopic (exact) mass is 233 g/mol. The minimum absolute atomic E-state index is 0.754. The van der Waals surface area contributed by atoms with Gasteiger partial charge in [0, 0.05) is 5.39 Å². The third-order valence-corrected chi connectivity index (χ3v) is 2.90. The molecule has 0 bridgehead atoms. The normalized spacial score (nSPS) is 11.0. The molecule has 3 heteroatoms. The van der Waals surface area contributed by atoms with Crippen molar-refractivity contribution in [2.24, 2.45) is 5.73 Å². The van der Waals surface area contributed by atoms with E-state index in [1.54, 1.807) is 7.11 Å². The van der Waals surface area contributed by atoms with Gasteiger partial charge in [-0.2, -0.15) is 0 Å². The number of methoxy groups -OCH3 is 1. The lowest BCUT2D eigenvalue weighted by atomic mass is 10.1. The maximum atomic E-state index is 5.63. The van der Waals surface area contributed by atoms with Gasteiger partial charge in [0.05, 0.1) is 7.11 Å². The topological polar surface area (TPSA) is 48.4 Å². The predicted octanol–water partition coefficient (Wildman–Crippen LogP) is 3.03. The van der Waals surface area contributed by atoms with Crippen molar-refractivity contribution in [2.45, 2.75) is 26.2 Å². The summed E-state index contributed by atoms with van der Waals surface area (Å²) in [5, 5.41) is 1.12. The van der Waals surface area contributed by atoms with Gasteiger partial charge in [0.2, 0.25) is 0 Å². The van der Waals surface area contributed by atoms with Crippen LogP contribution in [0.3, 0.4) is 0 Å². The van der Waals surface area contributed by atoms with Crippen molar-refractivity contribution in [3.05, 3.63) is 29.5 Å². The molecule has 17 heavy (non-hydrogen) atoms. The minimum Gasteiger partial charge on any atom is -0.493 e. The average Bonchev–Trinajstić information content (AvgIpc) is 2.68. The third-order valence-electron chi connectivity index (χ3n) is 2.90. The molecule has 2 aromatic rings. The summed E-state index contributed by atoms with van der Waals surface area (Å²) >= 11 is 0. The van der Waals surface area contributed by atoms with Crippen LogP contribution in [0.2, 0.25) is 0 Å². The highest BCUT2D eigenvalue weighted by molar-refractivity contribution is 5.84. The molecule has 1 aromatic heterocycles. The number of hydrogen-bond donors (Lipinski definition) is 1. The van der Waals surface area contributed by atoms with Crippen LogP contribution in [0.15, 0.2) is 22.6 Å². The molecule has 2 rings (SSSR count). The molecule has 0 saturated heterocycles. The minimum atomic E-state index is 0.754. The molecule has 0 spiro atoms. The second-order valence-electron chi connectivity index (χ2n) is 4.32. The van der Waals surface area contributed by atoms with Gasteiger partial charge in [-0.15, -0.1) is 0 Å². The molecule has 1 aromatic carbocycles. The largest absolute Gasteiger partial charge is 0.493 e. The molecule has 0 aliphatic rings. The van der Waals surface area contributed by atoms with Gasteiger partial charge in [0.25, 0.3) is 0 Å². The van der Waals surface area contributed by atoms with Gasteiger partial charge in [0.1, 0.15) is 5.76 Å². The maximum Gasteiger partial charge on any atom is 0.176 e. The van der Waals surface area contributed by atoms with Crippen molar-refractivity contribution in [3.8, 4) is 5.75 Å². The molecule has 0 saturated carbocycles. The Hall–Kier alpha value is -1.48. The molecular weight excluding hydrogens is 214 g/mol. The maximum absolute atomic E-state index is 5.63. The molecule has 92 valence electrons. The molecule has 0 atom stereocenters. The quantitative estimate of drug-likeness (QED) is 0.807. The van der Waals surface area contributed by atoms with E-state index in [1.807, 2.05) is 13.0 Å². The summed E-state index contributed by atoms with van der Waals surface area (Å²) in [4.78, 5) is 0. The Labute approximate surface area is 102 Å². The molecular formula is C14H19NO2. The van der Waals surface area contributed by atoms with E-state index in [0.717, 1.165) is 48.3 Å². The van der Waals surface area contributed by atoms with Gasteiger partial charge in [-0.25, -0.2) is 0 Å². The lowest BCUT2D eigenvalue weighted by Gasteiger charge is -2.05. The Kier molecular flexibility index (Phi) is 3.69. The average molecular weight is 233 g/mol. The first-order valence-corrected chi connectivity index (χ1v) is 6.01. The first kappa shape index (κ1) is 12.0. The molecule has 0 fully saturated rings. The summed E-state index contributed by atoms with van der Waals surface area (Å²) in [6, 6.07) is 6.27. The highest BCUT2D eigenvalue weighted by atomic mass is 16.5. The zero-order chi connectivity index (χ0) is 12.3. The number of unbranched alkanes of at least 4 members (excludes halogenated alkanes) is 1. The van der Waals surface area contributed by atoms with Crippen LogP contribution in [-0.2, 0) is 6.42 Å². The molecule has 0 aliphatic heterocycles. The van der Waals surface area contributed by atoms with Crippen LogP contribution in [0, 0.1) is 6.92 Å². The van der Waals surface area contributed by atoms with E-state index in [-0.39, 0.29) is 0 Å². The van der Waals surface area contributed by atoms with Crippen molar-refractivity contribution in [3.63, 3.8) is 0 Å². The first-order chi connectivity index (χ1) is 8.24. The van der Waals surface area contributed by atoms with E-state index < -0.39 is 0 Å². The van der Waals surface area contributed by atoms with Crippen molar-refractivity contribution in [1.29, 1.82) is 0 Å². The Balaban J connectivity index is 2.31. The number of benzene rings is 1. The molecule has 0 unspecified atom stereocenters. The molecule has 2 N–H and O–H groups in total. The molecule has 0 aliphatic carbocycles. The summed E-state index contributed by atoms with van der Waals surface area (Å²) < 4.78 is 11.0. The molecule has 0 amide bonds. The number of fused-ring (bicyclic) bond motifs is 1. The first-order valence-electron chi connectivity index (χ1n) is 6.01. The number of ether oxygens (including phenoxy) is 1. The van der Waals surface area contributed by atoms with Crippen LogP contribution < -0.4 is 10.5 Å². The number of rotatable bonds is 5. The standard InChI is InChI=1S/C14H19NO2/c1-10-7-12-8-11(5-3-4-6-15)9-13(16-2)14(12)17-10/h7-9H,3-6,15H2,1-2H3. The van der Waals surface area contributed by atoms with Crippen LogP contribution in [-0.4, -0.2) is 13.7 Å². The third kappa shape index (κ3) is 2.61. The van der Waals surface area contributed by atoms with Crippen molar-refractivity contribution in [2.75, 3.05) is 13.7 Å². The summed E-state index contributed by atoms with van der Waals surface area (Å²) in [5.41, 5.74) is 7.62. The van der Waals surface area contributed by atoms with Gasteiger partial charge in [0.15, 0.2) is 11.3 Å². The van der Waals surface area contributed by atoms with Gasteiger partial charge < -0.3 is 14.9 Å². The zero-order valence-corrected chi connectivity index (χ0v) is 10.5. The van der Waals surface area contributed by atoms with E-state index in [1.165, 1.54) is 5.56 Å². The number of hydrogen-bond acceptors (Lipinski definition) is 3.